The Morgan fingerprint density at radius 3 is 2.48 bits per heavy atom. The molecule has 7 heteroatoms. The summed E-state index contributed by atoms with van der Waals surface area (Å²) in [6.45, 7) is 1.12. The first-order chi connectivity index (χ1) is 11.1. The molecule has 2 rings (SSSR count). The number of anilines is 1. The zero-order valence-electron chi connectivity index (χ0n) is 12.6. The Bertz CT molecular complexity index is 662. The molecular formula is C16H17N3O3S. The Kier molecular flexibility index (Phi) is 5.87. The molecule has 0 bridgehead atoms. The SMILES string of the molecule is CN(CCOc1ccccc1)C(=S)Nc1ccc([N+](=O)[O-])cc1. The van der Waals surface area contributed by atoms with E-state index in [2.05, 4.69) is 5.32 Å². The van der Waals surface area contributed by atoms with Crippen LogP contribution in [0.15, 0.2) is 54.6 Å². The van der Waals surface area contributed by atoms with Crippen LogP contribution < -0.4 is 10.1 Å². The normalized spacial score (nSPS) is 9.96. The maximum absolute atomic E-state index is 10.6. The Hall–Kier alpha value is -2.67. The first-order valence-electron chi connectivity index (χ1n) is 7.00. The first kappa shape index (κ1) is 16.7. The van der Waals surface area contributed by atoms with Crippen LogP contribution >= 0.6 is 12.2 Å². The standard InChI is InChI=1S/C16H17N3O3S/c1-18(11-12-22-15-5-3-2-4-6-15)16(23)17-13-7-9-14(10-8-13)19(20)21/h2-10H,11-12H2,1H3,(H,17,23). The van der Waals surface area contributed by atoms with Crippen LogP contribution in [0.2, 0.25) is 0 Å². The summed E-state index contributed by atoms with van der Waals surface area (Å²) >= 11 is 5.30. The molecule has 0 aliphatic rings. The van der Waals surface area contributed by atoms with Gasteiger partial charge in [-0.3, -0.25) is 10.1 Å². The van der Waals surface area contributed by atoms with Gasteiger partial charge in [0.15, 0.2) is 5.11 Å². The molecule has 120 valence electrons. The van der Waals surface area contributed by atoms with Crippen molar-refractivity contribution in [3.8, 4) is 5.75 Å². The number of nitrogens with zero attached hydrogens (tertiary/aromatic N) is 2. The van der Waals surface area contributed by atoms with Crippen molar-refractivity contribution < 1.29 is 9.66 Å². The summed E-state index contributed by atoms with van der Waals surface area (Å²) in [4.78, 5) is 12.0. The van der Waals surface area contributed by atoms with Gasteiger partial charge in [0.1, 0.15) is 12.4 Å². The quantitative estimate of drug-likeness (QED) is 0.498. The van der Waals surface area contributed by atoms with Crippen LogP contribution in [0.4, 0.5) is 11.4 Å². The van der Waals surface area contributed by atoms with Crippen LogP contribution in [-0.4, -0.2) is 35.1 Å². The van der Waals surface area contributed by atoms with E-state index in [4.69, 9.17) is 17.0 Å². The van der Waals surface area contributed by atoms with E-state index < -0.39 is 4.92 Å². The first-order valence-corrected chi connectivity index (χ1v) is 7.41. The molecule has 0 aliphatic carbocycles. The maximum Gasteiger partial charge on any atom is 0.269 e. The van der Waals surface area contributed by atoms with Gasteiger partial charge < -0.3 is 15.0 Å². The minimum absolute atomic E-state index is 0.0473. The average Bonchev–Trinajstić information content (AvgIpc) is 2.56. The average molecular weight is 331 g/mol. The number of benzene rings is 2. The van der Waals surface area contributed by atoms with Crippen LogP contribution in [0.25, 0.3) is 0 Å². The van der Waals surface area contributed by atoms with Crippen LogP contribution in [0.1, 0.15) is 0 Å². The zero-order valence-corrected chi connectivity index (χ0v) is 13.5. The second kappa shape index (κ2) is 8.09. The highest BCUT2D eigenvalue weighted by Gasteiger charge is 2.07. The summed E-state index contributed by atoms with van der Waals surface area (Å²) in [6.07, 6.45) is 0. The molecule has 6 nitrogen and oxygen atoms in total. The molecule has 0 saturated carbocycles. The summed E-state index contributed by atoms with van der Waals surface area (Å²) in [5.41, 5.74) is 0.752. The van der Waals surface area contributed by atoms with Gasteiger partial charge in [0.2, 0.25) is 0 Å². The second-order valence-corrected chi connectivity index (χ2v) is 5.20. The lowest BCUT2D eigenvalue weighted by molar-refractivity contribution is -0.384. The molecule has 0 aliphatic heterocycles. The predicted molar refractivity (Wildman–Crippen MR) is 93.9 cm³/mol. The molecule has 0 amide bonds. The van der Waals surface area contributed by atoms with Crippen molar-refractivity contribution in [1.82, 2.24) is 4.90 Å². The molecule has 23 heavy (non-hydrogen) atoms. The van der Waals surface area contributed by atoms with E-state index in [1.807, 2.05) is 42.3 Å². The molecule has 0 aromatic heterocycles. The fourth-order valence-electron chi connectivity index (χ4n) is 1.80. The van der Waals surface area contributed by atoms with Crippen molar-refractivity contribution in [2.24, 2.45) is 0 Å². The number of thiocarbonyl (C=S) groups is 1. The summed E-state index contributed by atoms with van der Waals surface area (Å²) < 4.78 is 5.62. The minimum atomic E-state index is -0.435. The van der Waals surface area contributed by atoms with Gasteiger partial charge >= 0.3 is 0 Å². The Labute approximate surface area is 139 Å². The minimum Gasteiger partial charge on any atom is -0.492 e. The lowest BCUT2D eigenvalue weighted by Crippen LogP contribution is -2.34. The number of nitro benzene ring substituents is 1. The van der Waals surface area contributed by atoms with Crippen molar-refractivity contribution in [2.45, 2.75) is 0 Å². The third-order valence-electron chi connectivity index (χ3n) is 3.11. The molecule has 0 unspecified atom stereocenters. The lowest BCUT2D eigenvalue weighted by Gasteiger charge is -2.21. The third kappa shape index (κ3) is 5.23. The fourth-order valence-corrected chi connectivity index (χ4v) is 2.01. The molecule has 2 aromatic carbocycles. The van der Waals surface area contributed by atoms with Crippen LogP contribution in [0.5, 0.6) is 5.75 Å². The highest BCUT2D eigenvalue weighted by Crippen LogP contribution is 2.15. The highest BCUT2D eigenvalue weighted by atomic mass is 32.1. The number of nitrogens with one attached hydrogen (secondary N) is 1. The topological polar surface area (TPSA) is 67.6 Å². The van der Waals surface area contributed by atoms with Crippen LogP contribution in [-0.2, 0) is 0 Å². The number of nitro groups is 1. The molecule has 0 radical (unpaired) electrons. The molecule has 0 heterocycles. The number of hydrogen-bond donors (Lipinski definition) is 1. The fraction of sp³-hybridized carbons (Fsp3) is 0.188. The van der Waals surface area contributed by atoms with Crippen molar-refractivity contribution in [2.75, 3.05) is 25.5 Å². The zero-order chi connectivity index (χ0) is 16.7. The van der Waals surface area contributed by atoms with Gasteiger partial charge in [-0.25, -0.2) is 0 Å². The number of hydrogen-bond acceptors (Lipinski definition) is 4. The van der Waals surface area contributed by atoms with Crippen molar-refractivity contribution in [1.29, 1.82) is 0 Å². The van der Waals surface area contributed by atoms with Gasteiger partial charge in [0, 0.05) is 24.9 Å². The lowest BCUT2D eigenvalue weighted by atomic mass is 10.3. The van der Waals surface area contributed by atoms with E-state index in [0.717, 1.165) is 5.75 Å². The maximum atomic E-state index is 10.6. The molecule has 0 saturated heterocycles. The Morgan fingerprint density at radius 2 is 1.87 bits per heavy atom. The van der Waals surface area contributed by atoms with E-state index in [9.17, 15) is 10.1 Å². The molecule has 0 atom stereocenters. The van der Waals surface area contributed by atoms with E-state index in [0.29, 0.717) is 24.0 Å². The van der Waals surface area contributed by atoms with Gasteiger partial charge in [-0.15, -0.1) is 0 Å². The summed E-state index contributed by atoms with van der Waals surface area (Å²) in [6, 6.07) is 15.7. The Morgan fingerprint density at radius 1 is 1.22 bits per heavy atom. The second-order valence-electron chi connectivity index (χ2n) is 4.82. The molecule has 0 fully saturated rings. The smallest absolute Gasteiger partial charge is 0.269 e. The van der Waals surface area contributed by atoms with E-state index in [1.54, 1.807) is 12.1 Å². The molecule has 0 spiro atoms. The monoisotopic (exact) mass is 331 g/mol. The van der Waals surface area contributed by atoms with Crippen molar-refractivity contribution in [3.05, 3.63) is 64.7 Å². The Balaban J connectivity index is 1.79. The molecule has 1 N–H and O–H groups in total. The van der Waals surface area contributed by atoms with Gasteiger partial charge in [0.25, 0.3) is 5.69 Å². The largest absolute Gasteiger partial charge is 0.492 e. The van der Waals surface area contributed by atoms with E-state index >= 15 is 0 Å². The predicted octanol–water partition coefficient (Wildman–Crippen LogP) is 3.30. The number of rotatable bonds is 6. The summed E-state index contributed by atoms with van der Waals surface area (Å²) in [7, 11) is 1.86. The van der Waals surface area contributed by atoms with E-state index in [1.165, 1.54) is 12.1 Å². The highest BCUT2D eigenvalue weighted by molar-refractivity contribution is 7.80. The van der Waals surface area contributed by atoms with Crippen LogP contribution in [0.3, 0.4) is 0 Å². The number of para-hydroxylation sites is 1. The van der Waals surface area contributed by atoms with Gasteiger partial charge in [0.05, 0.1) is 11.5 Å². The van der Waals surface area contributed by atoms with E-state index in [-0.39, 0.29) is 5.69 Å². The third-order valence-corrected chi connectivity index (χ3v) is 3.53. The summed E-state index contributed by atoms with van der Waals surface area (Å²) in [5, 5.41) is 14.2. The number of non-ortho nitro benzene ring substituents is 1. The van der Waals surface area contributed by atoms with Crippen LogP contribution in [0, 0.1) is 10.1 Å². The summed E-state index contributed by atoms with van der Waals surface area (Å²) in [5.74, 6) is 0.815. The van der Waals surface area contributed by atoms with Crippen molar-refractivity contribution >= 4 is 28.7 Å². The van der Waals surface area contributed by atoms with Crippen molar-refractivity contribution in [3.63, 3.8) is 0 Å². The molecule has 2 aromatic rings. The molecular weight excluding hydrogens is 314 g/mol. The van der Waals surface area contributed by atoms with Gasteiger partial charge in [-0.2, -0.15) is 0 Å². The number of likely N-dealkylation sites (N-methyl/N-ethyl adjacent to an activating group) is 1. The van der Waals surface area contributed by atoms with Gasteiger partial charge in [-0.05, 0) is 36.5 Å². The number of ether oxygens (including phenoxy) is 1. The van der Waals surface area contributed by atoms with Gasteiger partial charge in [-0.1, -0.05) is 18.2 Å².